The first-order valence-electron chi connectivity index (χ1n) is 9.26. The van der Waals surface area contributed by atoms with Gasteiger partial charge in [0.25, 0.3) is 0 Å². The molecule has 0 radical (unpaired) electrons. The molecule has 4 nitrogen and oxygen atoms in total. The molecule has 3 rings (SSSR count). The van der Waals surface area contributed by atoms with E-state index < -0.39 is 29.8 Å². The average molecular weight is 411 g/mol. The molecule has 0 saturated heterocycles. The Labute approximate surface area is 165 Å². The molecule has 2 aromatic rings. The van der Waals surface area contributed by atoms with Gasteiger partial charge in [-0.05, 0) is 48.1 Å². The monoisotopic (exact) mass is 411 g/mol. The largest absolute Gasteiger partial charge is 0.573 e. The molecule has 0 unspecified atom stereocenters. The number of ether oxygens (including phenoxy) is 1. The summed E-state index contributed by atoms with van der Waals surface area (Å²) in [4.78, 5) is 12.8. The van der Waals surface area contributed by atoms with E-state index in [0.29, 0.717) is 32.4 Å². The van der Waals surface area contributed by atoms with Crippen molar-refractivity contribution >= 4 is 11.7 Å². The number of carboxylic acid groups (broad SMARTS) is 1. The summed E-state index contributed by atoms with van der Waals surface area (Å²) in [6, 6.07) is 8.81. The summed E-state index contributed by atoms with van der Waals surface area (Å²) < 4.78 is 55.6. The van der Waals surface area contributed by atoms with E-state index in [1.54, 1.807) is 11.8 Å². The number of hydrogen-bond donors (Lipinski definition) is 1. The van der Waals surface area contributed by atoms with E-state index in [4.69, 9.17) is 5.11 Å². The van der Waals surface area contributed by atoms with Crippen LogP contribution in [0.15, 0.2) is 36.4 Å². The van der Waals surface area contributed by atoms with E-state index >= 15 is 0 Å². The molecule has 0 aromatic heterocycles. The highest BCUT2D eigenvalue weighted by Gasteiger charge is 2.31. The molecule has 1 heterocycles. The highest BCUT2D eigenvalue weighted by molar-refractivity contribution is 5.69. The molecule has 156 valence electrons. The molecule has 2 aromatic carbocycles. The van der Waals surface area contributed by atoms with Gasteiger partial charge >= 0.3 is 12.3 Å². The third-order valence-electron chi connectivity index (χ3n) is 5.03. The predicted molar refractivity (Wildman–Crippen MR) is 99.6 cm³/mol. The number of alkyl halides is 3. The molecular formula is C21H21F4NO3. The Hall–Kier alpha value is -2.77. The van der Waals surface area contributed by atoms with E-state index in [1.165, 1.54) is 0 Å². The van der Waals surface area contributed by atoms with Crippen molar-refractivity contribution in [2.24, 2.45) is 5.92 Å². The number of anilines is 1. The van der Waals surface area contributed by atoms with Crippen LogP contribution in [0, 0.1) is 11.7 Å². The van der Waals surface area contributed by atoms with Gasteiger partial charge in [-0.25, -0.2) is 4.39 Å². The summed E-state index contributed by atoms with van der Waals surface area (Å²) in [5, 5.41) is 9.08. The zero-order valence-electron chi connectivity index (χ0n) is 15.8. The number of carboxylic acids is 1. The number of hydrogen-bond acceptors (Lipinski definition) is 3. The molecule has 0 bridgehead atoms. The number of fused-ring (bicyclic) bond motifs is 1. The van der Waals surface area contributed by atoms with Gasteiger partial charge in [-0.15, -0.1) is 13.2 Å². The van der Waals surface area contributed by atoms with E-state index in [2.05, 4.69) is 4.74 Å². The minimum absolute atomic E-state index is 0.0688. The molecule has 0 saturated carbocycles. The highest BCUT2D eigenvalue weighted by Crippen LogP contribution is 2.31. The van der Waals surface area contributed by atoms with Crippen LogP contribution in [0.2, 0.25) is 0 Å². The Bertz CT molecular complexity index is 898. The maximum absolute atomic E-state index is 14.3. The molecule has 1 aliphatic rings. The summed E-state index contributed by atoms with van der Waals surface area (Å²) in [7, 11) is 0. The van der Waals surface area contributed by atoms with Gasteiger partial charge in [0.05, 0.1) is 11.6 Å². The molecule has 1 aliphatic heterocycles. The molecule has 0 aliphatic carbocycles. The standard InChI is InChI=1S/C21H21F4NO3/c1-13(20(27)28)10-14-2-3-15-6-8-26(9-7-16(15)11-14)19-12-17(4-5-18(19)22)29-21(23,24)25/h2-5,11-13H,6-10H2,1H3,(H,27,28)/t13-/m1/s1. The minimum Gasteiger partial charge on any atom is -0.481 e. The second-order valence-corrected chi connectivity index (χ2v) is 7.19. The molecule has 8 heteroatoms. The van der Waals surface area contributed by atoms with Crippen LogP contribution in [0.5, 0.6) is 5.75 Å². The maximum atomic E-state index is 14.3. The van der Waals surface area contributed by atoms with Crippen molar-refractivity contribution in [2.75, 3.05) is 18.0 Å². The topological polar surface area (TPSA) is 49.8 Å². The van der Waals surface area contributed by atoms with E-state index in [1.807, 2.05) is 18.2 Å². The van der Waals surface area contributed by atoms with Crippen molar-refractivity contribution in [2.45, 2.75) is 32.5 Å². The zero-order chi connectivity index (χ0) is 21.2. The molecule has 0 fully saturated rings. The smallest absolute Gasteiger partial charge is 0.481 e. The van der Waals surface area contributed by atoms with Gasteiger partial charge in [-0.1, -0.05) is 25.1 Å². The molecule has 1 atom stereocenters. The van der Waals surface area contributed by atoms with E-state index in [0.717, 1.165) is 34.9 Å². The van der Waals surface area contributed by atoms with Crippen LogP contribution in [-0.4, -0.2) is 30.5 Å². The number of carbonyl (C=O) groups is 1. The van der Waals surface area contributed by atoms with Gasteiger partial charge in [-0.3, -0.25) is 4.79 Å². The lowest BCUT2D eigenvalue weighted by Crippen LogP contribution is -2.27. The number of nitrogens with zero attached hydrogens (tertiary/aromatic N) is 1. The third kappa shape index (κ3) is 5.40. The van der Waals surface area contributed by atoms with Crippen molar-refractivity contribution in [3.63, 3.8) is 0 Å². The molecule has 0 spiro atoms. The van der Waals surface area contributed by atoms with Gasteiger partial charge in [0.2, 0.25) is 0 Å². The Morgan fingerprint density at radius 3 is 2.48 bits per heavy atom. The van der Waals surface area contributed by atoms with E-state index in [9.17, 15) is 22.4 Å². The summed E-state index contributed by atoms with van der Waals surface area (Å²) in [6.07, 6.45) is -3.24. The fourth-order valence-electron chi connectivity index (χ4n) is 3.52. The SMILES string of the molecule is C[C@H](Cc1ccc2c(c1)CCN(c1cc(OC(F)(F)F)ccc1F)CC2)C(=O)O. The lowest BCUT2D eigenvalue weighted by Gasteiger charge is -2.24. The minimum atomic E-state index is -4.84. The number of aliphatic carboxylic acids is 1. The van der Waals surface area contributed by atoms with Crippen LogP contribution in [0.25, 0.3) is 0 Å². The average Bonchev–Trinajstić information content (AvgIpc) is 2.84. The highest BCUT2D eigenvalue weighted by atomic mass is 19.4. The Morgan fingerprint density at radius 2 is 1.83 bits per heavy atom. The fraction of sp³-hybridized carbons (Fsp3) is 0.381. The van der Waals surface area contributed by atoms with Crippen molar-refractivity contribution in [3.8, 4) is 5.75 Å². The molecule has 0 amide bonds. The second kappa shape index (κ2) is 8.31. The molecule has 29 heavy (non-hydrogen) atoms. The fourth-order valence-corrected chi connectivity index (χ4v) is 3.52. The predicted octanol–water partition coefficient (Wildman–Crippen LogP) is 4.59. The van der Waals surface area contributed by atoms with E-state index in [-0.39, 0.29) is 5.69 Å². The Morgan fingerprint density at radius 1 is 1.14 bits per heavy atom. The maximum Gasteiger partial charge on any atom is 0.573 e. The number of halogens is 4. The third-order valence-corrected chi connectivity index (χ3v) is 5.03. The summed E-state index contributed by atoms with van der Waals surface area (Å²) in [5.41, 5.74) is 3.10. The number of benzene rings is 2. The summed E-state index contributed by atoms with van der Waals surface area (Å²) >= 11 is 0. The molecule has 1 N–H and O–H groups in total. The van der Waals surface area contributed by atoms with Gasteiger partial charge < -0.3 is 14.7 Å². The van der Waals surface area contributed by atoms with Crippen LogP contribution in [-0.2, 0) is 24.1 Å². The first kappa shape index (κ1) is 21.0. The normalized spacial score (nSPS) is 15.4. The van der Waals surface area contributed by atoms with Crippen LogP contribution in [0.1, 0.15) is 23.6 Å². The van der Waals surface area contributed by atoms with Crippen molar-refractivity contribution < 1.29 is 32.2 Å². The quantitative estimate of drug-likeness (QED) is 0.731. The van der Waals surface area contributed by atoms with Gasteiger partial charge in [0, 0.05) is 19.2 Å². The summed E-state index contributed by atoms with van der Waals surface area (Å²) in [5.74, 6) is -2.43. The van der Waals surface area contributed by atoms with Crippen molar-refractivity contribution in [1.29, 1.82) is 0 Å². The van der Waals surface area contributed by atoms with Crippen LogP contribution < -0.4 is 9.64 Å². The zero-order valence-corrected chi connectivity index (χ0v) is 15.8. The summed E-state index contributed by atoms with van der Waals surface area (Å²) in [6.45, 7) is 2.52. The van der Waals surface area contributed by atoms with Gasteiger partial charge in [0.15, 0.2) is 0 Å². The first-order chi connectivity index (χ1) is 13.6. The first-order valence-corrected chi connectivity index (χ1v) is 9.26. The van der Waals surface area contributed by atoms with Crippen molar-refractivity contribution in [1.82, 2.24) is 0 Å². The lowest BCUT2D eigenvalue weighted by atomic mass is 9.95. The second-order valence-electron chi connectivity index (χ2n) is 7.19. The van der Waals surface area contributed by atoms with Gasteiger partial charge in [-0.2, -0.15) is 0 Å². The Balaban J connectivity index is 1.77. The van der Waals surface area contributed by atoms with Gasteiger partial charge in [0.1, 0.15) is 11.6 Å². The van der Waals surface area contributed by atoms with Crippen LogP contribution >= 0.6 is 0 Å². The Kier molecular flexibility index (Phi) is 6.00. The number of rotatable bonds is 5. The van der Waals surface area contributed by atoms with Crippen LogP contribution in [0.3, 0.4) is 0 Å². The van der Waals surface area contributed by atoms with Crippen LogP contribution in [0.4, 0.5) is 23.2 Å². The lowest BCUT2D eigenvalue weighted by molar-refractivity contribution is -0.274. The van der Waals surface area contributed by atoms with Crippen molar-refractivity contribution in [3.05, 3.63) is 58.9 Å². The molecular weight excluding hydrogens is 390 g/mol.